The zero-order valence-corrected chi connectivity index (χ0v) is 11.9. The van der Waals surface area contributed by atoms with Gasteiger partial charge in [0.05, 0.1) is 6.04 Å². The summed E-state index contributed by atoms with van der Waals surface area (Å²) < 4.78 is 0. The second-order valence-electron chi connectivity index (χ2n) is 3.68. The smallest absolute Gasteiger partial charge is 0.239 e. The third-order valence-electron chi connectivity index (χ3n) is 2.22. The molecule has 6 heteroatoms. The average molecular weight is 298 g/mol. The molecule has 1 aromatic carbocycles. The van der Waals surface area contributed by atoms with Gasteiger partial charge >= 0.3 is 0 Å². The van der Waals surface area contributed by atoms with Crippen LogP contribution < -0.4 is 5.73 Å². The molecule has 1 aromatic rings. The molecule has 0 saturated heterocycles. The van der Waals surface area contributed by atoms with Crippen LogP contribution in [0.3, 0.4) is 0 Å². The summed E-state index contributed by atoms with van der Waals surface area (Å²) in [5, 5.41) is 1.11. The van der Waals surface area contributed by atoms with E-state index in [4.69, 9.17) is 28.9 Å². The second-order valence-corrected chi connectivity index (χ2v) is 4.50. The Hall–Kier alpha value is -0.480. The Bertz CT molecular complexity index is 376. The first-order chi connectivity index (χ1) is 7.43. The molecule has 0 fully saturated rings. The first-order valence-electron chi connectivity index (χ1n) is 4.87. The van der Waals surface area contributed by atoms with Crippen LogP contribution in [0.1, 0.15) is 12.5 Å². The van der Waals surface area contributed by atoms with Gasteiger partial charge in [-0.2, -0.15) is 0 Å². The van der Waals surface area contributed by atoms with E-state index in [9.17, 15) is 4.79 Å². The molecule has 0 radical (unpaired) electrons. The molecule has 0 aromatic heterocycles. The molecule has 0 bridgehead atoms. The molecule has 2 N–H and O–H groups in total. The van der Waals surface area contributed by atoms with Gasteiger partial charge in [-0.3, -0.25) is 4.79 Å². The summed E-state index contributed by atoms with van der Waals surface area (Å²) in [7, 11) is 1.67. The van der Waals surface area contributed by atoms with Crippen molar-refractivity contribution < 1.29 is 4.79 Å². The van der Waals surface area contributed by atoms with Gasteiger partial charge in [0, 0.05) is 29.2 Å². The van der Waals surface area contributed by atoms with Crippen LogP contribution >= 0.6 is 35.6 Å². The van der Waals surface area contributed by atoms with Crippen molar-refractivity contribution in [2.24, 2.45) is 5.73 Å². The van der Waals surface area contributed by atoms with Crippen molar-refractivity contribution in [3.05, 3.63) is 33.8 Å². The molecule has 3 nitrogen and oxygen atoms in total. The maximum absolute atomic E-state index is 11.6. The highest BCUT2D eigenvalue weighted by Crippen LogP contribution is 2.25. The Morgan fingerprint density at radius 2 is 1.88 bits per heavy atom. The van der Waals surface area contributed by atoms with E-state index in [0.29, 0.717) is 16.6 Å². The number of carbonyl (C=O) groups is 1. The zero-order chi connectivity index (χ0) is 12.3. The van der Waals surface area contributed by atoms with Crippen LogP contribution in [0.4, 0.5) is 0 Å². The van der Waals surface area contributed by atoms with E-state index >= 15 is 0 Å². The van der Waals surface area contributed by atoms with Gasteiger partial charge in [-0.1, -0.05) is 29.3 Å². The van der Waals surface area contributed by atoms with Crippen molar-refractivity contribution in [3.8, 4) is 0 Å². The molecule has 1 atom stereocenters. The second kappa shape index (κ2) is 7.07. The van der Waals surface area contributed by atoms with E-state index in [-0.39, 0.29) is 18.3 Å². The van der Waals surface area contributed by atoms with E-state index in [0.717, 1.165) is 5.56 Å². The van der Waals surface area contributed by atoms with Crippen LogP contribution in [-0.4, -0.2) is 23.9 Å². The number of likely N-dealkylation sites (N-methyl/N-ethyl adjacent to an activating group) is 1. The van der Waals surface area contributed by atoms with E-state index in [1.165, 1.54) is 4.90 Å². The lowest BCUT2D eigenvalue weighted by atomic mass is 10.2. The number of amides is 1. The summed E-state index contributed by atoms with van der Waals surface area (Å²) in [6.45, 7) is 2.01. The monoisotopic (exact) mass is 296 g/mol. The van der Waals surface area contributed by atoms with Crippen molar-refractivity contribution in [1.82, 2.24) is 4.90 Å². The van der Waals surface area contributed by atoms with Crippen molar-refractivity contribution in [2.75, 3.05) is 7.05 Å². The molecule has 96 valence electrons. The number of nitrogens with two attached hydrogens (primary N) is 1. The number of rotatable bonds is 3. The molecular weight excluding hydrogens is 282 g/mol. The van der Waals surface area contributed by atoms with Gasteiger partial charge < -0.3 is 10.6 Å². The summed E-state index contributed by atoms with van der Waals surface area (Å²) in [5.74, 6) is -0.143. The van der Waals surface area contributed by atoms with Gasteiger partial charge in [0.1, 0.15) is 0 Å². The van der Waals surface area contributed by atoms with Crippen LogP contribution in [0, 0.1) is 0 Å². The molecule has 0 unspecified atom stereocenters. The Morgan fingerprint density at radius 1 is 1.41 bits per heavy atom. The summed E-state index contributed by atoms with van der Waals surface area (Å²) in [5.41, 5.74) is 6.25. The third-order valence-corrected chi connectivity index (χ3v) is 2.93. The van der Waals surface area contributed by atoms with Crippen LogP contribution in [0.25, 0.3) is 0 Å². The molecule has 0 aliphatic carbocycles. The summed E-state index contributed by atoms with van der Waals surface area (Å²) >= 11 is 12.0. The van der Waals surface area contributed by atoms with Gasteiger partial charge in [0.2, 0.25) is 5.91 Å². The Balaban J connectivity index is 0.00000256. The number of nitrogens with zero attached hydrogens (tertiary/aromatic N) is 1. The van der Waals surface area contributed by atoms with Crippen molar-refractivity contribution in [2.45, 2.75) is 19.5 Å². The van der Waals surface area contributed by atoms with Gasteiger partial charge in [0.15, 0.2) is 0 Å². The molecule has 17 heavy (non-hydrogen) atoms. The molecule has 0 heterocycles. The fraction of sp³-hybridized carbons (Fsp3) is 0.364. The van der Waals surface area contributed by atoms with Gasteiger partial charge in [-0.25, -0.2) is 0 Å². The number of hydrogen-bond donors (Lipinski definition) is 1. The normalized spacial score (nSPS) is 11.6. The first kappa shape index (κ1) is 16.5. The highest BCUT2D eigenvalue weighted by atomic mass is 35.5. The fourth-order valence-electron chi connectivity index (χ4n) is 1.35. The Kier molecular flexibility index (Phi) is 6.87. The van der Waals surface area contributed by atoms with Crippen LogP contribution in [0.5, 0.6) is 0 Å². The van der Waals surface area contributed by atoms with Crippen LogP contribution in [0.15, 0.2) is 18.2 Å². The number of benzene rings is 1. The molecule has 0 saturated carbocycles. The van der Waals surface area contributed by atoms with Crippen LogP contribution in [-0.2, 0) is 11.3 Å². The van der Waals surface area contributed by atoms with Crippen molar-refractivity contribution >= 4 is 41.5 Å². The Morgan fingerprint density at radius 3 is 2.29 bits per heavy atom. The van der Waals surface area contributed by atoms with E-state index in [1.807, 2.05) is 0 Å². The average Bonchev–Trinajstić information content (AvgIpc) is 2.22. The zero-order valence-electron chi connectivity index (χ0n) is 9.61. The predicted octanol–water partition coefficient (Wildman–Crippen LogP) is 2.72. The largest absolute Gasteiger partial charge is 0.340 e. The minimum absolute atomic E-state index is 0. The number of hydrogen-bond acceptors (Lipinski definition) is 2. The standard InChI is InChI=1S/C11H14Cl2N2O.ClH/c1-7(14)11(16)15(2)6-8-9(12)4-3-5-10(8)13;/h3-5,7H,6,14H2,1-2H3;1H/t7-;/m1./s1. The lowest BCUT2D eigenvalue weighted by Crippen LogP contribution is -2.39. The van der Waals surface area contributed by atoms with Gasteiger partial charge in [-0.15, -0.1) is 12.4 Å². The van der Waals surface area contributed by atoms with Crippen LogP contribution in [0.2, 0.25) is 10.0 Å². The molecule has 0 aliphatic heterocycles. The lowest BCUT2D eigenvalue weighted by molar-refractivity contribution is -0.131. The summed E-state index contributed by atoms with van der Waals surface area (Å²) in [4.78, 5) is 13.1. The Labute approximate surface area is 117 Å². The van der Waals surface area contributed by atoms with E-state index < -0.39 is 6.04 Å². The predicted molar refractivity (Wildman–Crippen MR) is 73.8 cm³/mol. The minimum Gasteiger partial charge on any atom is -0.340 e. The quantitative estimate of drug-likeness (QED) is 0.932. The fourth-order valence-corrected chi connectivity index (χ4v) is 1.86. The summed E-state index contributed by atoms with van der Waals surface area (Å²) in [6, 6.07) is 4.73. The van der Waals surface area contributed by atoms with E-state index in [1.54, 1.807) is 32.2 Å². The first-order valence-corrected chi connectivity index (χ1v) is 5.62. The maximum atomic E-state index is 11.6. The highest BCUT2D eigenvalue weighted by Gasteiger charge is 2.16. The van der Waals surface area contributed by atoms with Gasteiger partial charge in [-0.05, 0) is 19.1 Å². The summed E-state index contributed by atoms with van der Waals surface area (Å²) in [6.07, 6.45) is 0. The lowest BCUT2D eigenvalue weighted by Gasteiger charge is -2.20. The molecule has 1 rings (SSSR count). The molecule has 0 spiro atoms. The van der Waals surface area contributed by atoms with E-state index in [2.05, 4.69) is 0 Å². The minimum atomic E-state index is -0.522. The van der Waals surface area contributed by atoms with Crippen molar-refractivity contribution in [1.29, 1.82) is 0 Å². The van der Waals surface area contributed by atoms with Gasteiger partial charge in [0.25, 0.3) is 0 Å². The highest BCUT2D eigenvalue weighted by molar-refractivity contribution is 6.36. The molecule has 1 amide bonds. The SMILES string of the molecule is C[C@@H](N)C(=O)N(C)Cc1c(Cl)cccc1Cl.Cl. The molecule has 0 aliphatic rings. The number of halogens is 3. The van der Waals surface area contributed by atoms with Crippen molar-refractivity contribution in [3.63, 3.8) is 0 Å². The molecular formula is C11H15Cl3N2O. The third kappa shape index (κ3) is 4.36. The topological polar surface area (TPSA) is 46.3 Å². The maximum Gasteiger partial charge on any atom is 0.239 e. The number of carbonyl (C=O) groups excluding carboxylic acids is 1.